The number of hydrogen-bond donors (Lipinski definition) is 0. The summed E-state index contributed by atoms with van der Waals surface area (Å²) in [6, 6.07) is 37.2. The first-order valence-corrected chi connectivity index (χ1v) is 15.2. The summed E-state index contributed by atoms with van der Waals surface area (Å²) in [6.07, 6.45) is 4.18. The van der Waals surface area contributed by atoms with E-state index in [0.717, 1.165) is 84.0 Å². The second-order valence-corrected chi connectivity index (χ2v) is 11.8. The number of para-hydroxylation sites is 2. The van der Waals surface area contributed by atoms with Crippen molar-refractivity contribution in [3.63, 3.8) is 0 Å². The molecule has 5 heteroatoms. The Morgan fingerprint density at radius 3 is 2.14 bits per heavy atom. The third kappa shape index (κ3) is 3.48. The summed E-state index contributed by atoms with van der Waals surface area (Å²) >= 11 is 0. The fourth-order valence-electron chi connectivity index (χ4n) is 7.71. The van der Waals surface area contributed by atoms with Gasteiger partial charge in [0.25, 0.3) is 0 Å². The summed E-state index contributed by atoms with van der Waals surface area (Å²) in [5, 5.41) is 0. The largest absolute Gasteiger partial charge is 0.456 e. The number of carbonyl (C=O) groups excluding carboxylic acids is 1. The van der Waals surface area contributed by atoms with Crippen LogP contribution in [0.4, 0.5) is 22.7 Å². The molecule has 5 aromatic carbocycles. The lowest BCUT2D eigenvalue weighted by Crippen LogP contribution is -2.38. The number of aryl methyl sites for hydroxylation is 1. The highest BCUT2D eigenvalue weighted by Crippen LogP contribution is 2.60. The highest BCUT2D eigenvalue weighted by Gasteiger charge is 2.54. The van der Waals surface area contributed by atoms with Crippen molar-refractivity contribution in [1.82, 2.24) is 0 Å². The molecule has 5 aromatic rings. The van der Waals surface area contributed by atoms with E-state index < -0.39 is 5.60 Å². The van der Waals surface area contributed by atoms with Gasteiger partial charge >= 0.3 is 5.97 Å². The topological polar surface area (TPSA) is 42.0 Å². The average molecular weight is 563 g/mol. The highest BCUT2D eigenvalue weighted by atomic mass is 16.6. The van der Waals surface area contributed by atoms with Crippen molar-refractivity contribution in [3.8, 4) is 11.5 Å². The van der Waals surface area contributed by atoms with Gasteiger partial charge in [0.2, 0.25) is 0 Å². The summed E-state index contributed by atoms with van der Waals surface area (Å²) in [4.78, 5) is 18.3. The van der Waals surface area contributed by atoms with E-state index in [-0.39, 0.29) is 5.97 Å². The van der Waals surface area contributed by atoms with Crippen LogP contribution in [0.3, 0.4) is 0 Å². The van der Waals surface area contributed by atoms with Crippen molar-refractivity contribution in [2.24, 2.45) is 0 Å². The Labute approximate surface area is 250 Å². The number of ether oxygens (including phenoxy) is 2. The fraction of sp³-hybridized carbons (Fsp3) is 0.184. The van der Waals surface area contributed by atoms with Crippen LogP contribution in [0.5, 0.6) is 11.5 Å². The SMILES string of the molecule is O=C1OC2(c3ccc(N(c4ccccc4)c4ccccc4)cc3Oc3c2cc2c4c3CCCN4CCC2)c2ccccc21. The minimum absolute atomic E-state index is 0.290. The van der Waals surface area contributed by atoms with Crippen molar-refractivity contribution < 1.29 is 14.3 Å². The fourth-order valence-corrected chi connectivity index (χ4v) is 7.71. The van der Waals surface area contributed by atoms with Gasteiger partial charge in [0, 0.05) is 64.2 Å². The van der Waals surface area contributed by atoms with Crippen LogP contribution >= 0.6 is 0 Å². The monoisotopic (exact) mass is 562 g/mol. The van der Waals surface area contributed by atoms with Gasteiger partial charge in [-0.3, -0.25) is 0 Å². The Balaban J connectivity index is 1.31. The van der Waals surface area contributed by atoms with Gasteiger partial charge < -0.3 is 19.3 Å². The molecular formula is C38H30N2O3. The number of anilines is 4. The van der Waals surface area contributed by atoms with Gasteiger partial charge in [0.15, 0.2) is 5.60 Å². The number of rotatable bonds is 3. The van der Waals surface area contributed by atoms with E-state index in [4.69, 9.17) is 9.47 Å². The molecule has 0 aliphatic carbocycles. The summed E-state index contributed by atoms with van der Waals surface area (Å²) in [5.41, 5.74) is 9.24. The first-order chi connectivity index (χ1) is 21.2. The normalized spacial score (nSPS) is 19.1. The number of esters is 1. The molecular weight excluding hydrogens is 532 g/mol. The number of benzene rings is 5. The van der Waals surface area contributed by atoms with E-state index in [2.05, 4.69) is 82.6 Å². The quantitative estimate of drug-likeness (QED) is 0.207. The van der Waals surface area contributed by atoms with Crippen molar-refractivity contribution in [2.75, 3.05) is 22.9 Å². The number of fused-ring (bicyclic) bond motifs is 7. The van der Waals surface area contributed by atoms with E-state index >= 15 is 0 Å². The zero-order valence-corrected chi connectivity index (χ0v) is 23.8. The molecule has 4 aliphatic rings. The maximum atomic E-state index is 13.5. The Morgan fingerprint density at radius 2 is 1.37 bits per heavy atom. The third-order valence-corrected chi connectivity index (χ3v) is 9.47. The van der Waals surface area contributed by atoms with E-state index in [1.807, 2.05) is 36.4 Å². The van der Waals surface area contributed by atoms with Gasteiger partial charge in [-0.15, -0.1) is 0 Å². The highest BCUT2D eigenvalue weighted by molar-refractivity contribution is 5.97. The molecule has 1 unspecified atom stereocenters. The zero-order valence-electron chi connectivity index (χ0n) is 23.8. The van der Waals surface area contributed by atoms with Crippen molar-refractivity contribution in [1.29, 1.82) is 0 Å². The Hall–Kier alpha value is -5.03. The van der Waals surface area contributed by atoms with E-state index in [9.17, 15) is 4.79 Å². The van der Waals surface area contributed by atoms with Gasteiger partial charge in [-0.2, -0.15) is 0 Å². The molecule has 4 heterocycles. The lowest BCUT2D eigenvalue weighted by Gasteiger charge is -2.43. The van der Waals surface area contributed by atoms with E-state index in [1.165, 1.54) is 16.8 Å². The molecule has 9 rings (SSSR count). The molecule has 5 nitrogen and oxygen atoms in total. The molecule has 0 radical (unpaired) electrons. The molecule has 43 heavy (non-hydrogen) atoms. The molecule has 0 fully saturated rings. The number of hydrogen-bond acceptors (Lipinski definition) is 5. The minimum Gasteiger partial charge on any atom is -0.456 e. The maximum Gasteiger partial charge on any atom is 0.340 e. The van der Waals surface area contributed by atoms with Gasteiger partial charge in [-0.05, 0) is 79.8 Å². The lowest BCUT2D eigenvalue weighted by atomic mass is 9.74. The van der Waals surface area contributed by atoms with Crippen LogP contribution in [-0.2, 0) is 23.2 Å². The molecule has 0 saturated heterocycles. The molecule has 210 valence electrons. The minimum atomic E-state index is -1.06. The average Bonchev–Trinajstić information content (AvgIpc) is 3.35. The Kier molecular flexibility index (Phi) is 5.27. The summed E-state index contributed by atoms with van der Waals surface area (Å²) in [6.45, 7) is 2.15. The van der Waals surface area contributed by atoms with Crippen LogP contribution in [0.15, 0.2) is 109 Å². The molecule has 0 aromatic heterocycles. The van der Waals surface area contributed by atoms with Gasteiger partial charge in [0.05, 0.1) is 5.56 Å². The van der Waals surface area contributed by atoms with Crippen molar-refractivity contribution in [3.05, 3.63) is 143 Å². The second kappa shape index (κ2) is 9.23. The predicted molar refractivity (Wildman–Crippen MR) is 168 cm³/mol. The van der Waals surface area contributed by atoms with Crippen LogP contribution < -0.4 is 14.5 Å². The first kappa shape index (κ1) is 24.6. The summed E-state index contributed by atoms with van der Waals surface area (Å²) in [5.74, 6) is 1.28. The molecule has 4 aliphatic heterocycles. The van der Waals surface area contributed by atoms with E-state index in [0.29, 0.717) is 5.56 Å². The molecule has 0 N–H and O–H groups in total. The van der Waals surface area contributed by atoms with Crippen LogP contribution in [0.25, 0.3) is 0 Å². The maximum absolute atomic E-state index is 13.5. The lowest BCUT2D eigenvalue weighted by molar-refractivity contribution is 0.0223. The number of nitrogens with zero attached hydrogens (tertiary/aromatic N) is 2. The molecule has 1 atom stereocenters. The predicted octanol–water partition coefficient (Wildman–Crippen LogP) is 8.42. The molecule has 0 bridgehead atoms. The van der Waals surface area contributed by atoms with Gasteiger partial charge in [-0.25, -0.2) is 4.79 Å². The van der Waals surface area contributed by atoms with Crippen LogP contribution in [0.2, 0.25) is 0 Å². The number of carbonyl (C=O) groups is 1. The second-order valence-electron chi connectivity index (χ2n) is 11.8. The summed E-state index contributed by atoms with van der Waals surface area (Å²) in [7, 11) is 0. The Bertz CT molecular complexity index is 1880. The van der Waals surface area contributed by atoms with Gasteiger partial charge in [0.1, 0.15) is 11.5 Å². The van der Waals surface area contributed by atoms with Crippen molar-refractivity contribution >= 4 is 28.7 Å². The van der Waals surface area contributed by atoms with Crippen LogP contribution in [-0.4, -0.2) is 19.1 Å². The zero-order chi connectivity index (χ0) is 28.5. The Morgan fingerprint density at radius 1 is 0.674 bits per heavy atom. The van der Waals surface area contributed by atoms with Crippen molar-refractivity contribution in [2.45, 2.75) is 31.3 Å². The third-order valence-electron chi connectivity index (χ3n) is 9.47. The standard InChI is InChI=1S/C38H30N2O3/c41-37-29-16-7-8-18-31(29)38(43-37)32-20-19-28(40(26-12-3-1-4-13-26)27-14-5-2-6-15-27)24-34(32)42-36-30-17-10-22-39-21-9-11-25(35(30)39)23-33(36)38/h1-8,12-16,18-20,23-24H,9-11,17,21-22H2. The molecule has 0 amide bonds. The van der Waals surface area contributed by atoms with Crippen LogP contribution in [0, 0.1) is 0 Å². The first-order valence-electron chi connectivity index (χ1n) is 15.2. The van der Waals surface area contributed by atoms with Crippen LogP contribution in [0.1, 0.15) is 51.0 Å². The van der Waals surface area contributed by atoms with E-state index in [1.54, 1.807) is 0 Å². The smallest absolute Gasteiger partial charge is 0.340 e. The van der Waals surface area contributed by atoms with Gasteiger partial charge in [-0.1, -0.05) is 54.6 Å². The molecule has 0 saturated carbocycles. The molecule has 1 spiro atoms. The summed E-state index contributed by atoms with van der Waals surface area (Å²) < 4.78 is 13.6.